The van der Waals surface area contributed by atoms with Gasteiger partial charge in [-0.2, -0.15) is 10.1 Å². The highest BCUT2D eigenvalue weighted by Crippen LogP contribution is 2.21. The van der Waals surface area contributed by atoms with Crippen molar-refractivity contribution in [1.82, 2.24) is 29.4 Å². The van der Waals surface area contributed by atoms with Gasteiger partial charge >= 0.3 is 0 Å². The zero-order valence-electron chi connectivity index (χ0n) is 14.1. The van der Waals surface area contributed by atoms with Gasteiger partial charge in [0.25, 0.3) is 0 Å². The van der Waals surface area contributed by atoms with Gasteiger partial charge in [-0.3, -0.25) is 0 Å². The number of nitrogens with one attached hydrogen (secondary N) is 1. The van der Waals surface area contributed by atoms with Crippen LogP contribution in [0.2, 0.25) is 5.28 Å². The van der Waals surface area contributed by atoms with Crippen LogP contribution >= 0.6 is 11.6 Å². The van der Waals surface area contributed by atoms with Gasteiger partial charge < -0.3 is 5.32 Å². The lowest BCUT2D eigenvalue weighted by Gasteiger charge is -2.12. The second kappa shape index (κ2) is 6.61. The van der Waals surface area contributed by atoms with Crippen LogP contribution in [0.1, 0.15) is 18.2 Å². The first kappa shape index (κ1) is 16.3. The molecule has 0 saturated heterocycles. The lowest BCUT2D eigenvalue weighted by atomic mass is 10.2. The summed E-state index contributed by atoms with van der Waals surface area (Å²) >= 11 is 6.10. The number of halogens is 1. The van der Waals surface area contributed by atoms with Gasteiger partial charge in [0.05, 0.1) is 17.6 Å². The van der Waals surface area contributed by atoms with E-state index in [9.17, 15) is 0 Å². The first-order valence-corrected chi connectivity index (χ1v) is 8.40. The average Bonchev–Trinajstić information content (AvgIpc) is 3.29. The molecule has 0 aliphatic carbocycles. The highest BCUT2D eigenvalue weighted by atomic mass is 35.5. The van der Waals surface area contributed by atoms with Crippen LogP contribution in [0.25, 0.3) is 16.9 Å². The van der Waals surface area contributed by atoms with Crippen molar-refractivity contribution in [1.29, 1.82) is 0 Å². The molecule has 0 unspecified atom stereocenters. The standard InChI is InChI=1S/C18H16ClN7/c1-12(2)15-11-21-17-16(23-18(19)24-26(15)17)20-10-13-6-3-4-7-14(13)25-9-5-8-22-25/h3-9,11H,1,10H2,2H3,(H,20,23,24). The average molecular weight is 366 g/mol. The molecule has 0 bridgehead atoms. The molecule has 130 valence electrons. The van der Waals surface area contributed by atoms with E-state index in [1.54, 1.807) is 16.9 Å². The summed E-state index contributed by atoms with van der Waals surface area (Å²) in [5.74, 6) is 0.563. The van der Waals surface area contributed by atoms with Crippen molar-refractivity contribution in [3.63, 3.8) is 0 Å². The Kier molecular flexibility index (Phi) is 4.14. The lowest BCUT2D eigenvalue weighted by Crippen LogP contribution is -2.09. The zero-order chi connectivity index (χ0) is 18.1. The minimum atomic E-state index is 0.140. The highest BCUT2D eigenvalue weighted by Gasteiger charge is 2.13. The molecule has 0 atom stereocenters. The Morgan fingerprint density at radius 3 is 2.88 bits per heavy atom. The fourth-order valence-electron chi connectivity index (χ4n) is 2.74. The number of nitrogens with zero attached hydrogens (tertiary/aromatic N) is 6. The molecule has 0 amide bonds. The summed E-state index contributed by atoms with van der Waals surface area (Å²) in [5.41, 5.74) is 4.30. The summed E-state index contributed by atoms with van der Waals surface area (Å²) in [6.45, 7) is 6.38. The first-order valence-electron chi connectivity index (χ1n) is 8.02. The molecule has 8 heteroatoms. The van der Waals surface area contributed by atoms with Crippen LogP contribution < -0.4 is 5.32 Å². The summed E-state index contributed by atoms with van der Waals surface area (Å²) in [4.78, 5) is 8.69. The number of allylic oxidation sites excluding steroid dienone is 1. The number of hydrogen-bond acceptors (Lipinski definition) is 5. The zero-order valence-corrected chi connectivity index (χ0v) is 14.9. The van der Waals surface area contributed by atoms with E-state index in [0.29, 0.717) is 18.0 Å². The Hall–Kier alpha value is -3.19. The Morgan fingerprint density at radius 2 is 2.12 bits per heavy atom. The topological polar surface area (TPSA) is 72.9 Å². The smallest absolute Gasteiger partial charge is 0.243 e. The minimum absolute atomic E-state index is 0.140. The molecule has 4 rings (SSSR count). The number of fused-ring (bicyclic) bond motifs is 1. The van der Waals surface area contributed by atoms with Gasteiger partial charge in [-0.15, -0.1) is 5.10 Å². The summed E-state index contributed by atoms with van der Waals surface area (Å²) in [5, 5.41) is 12.0. The van der Waals surface area contributed by atoms with Gasteiger partial charge in [0, 0.05) is 18.9 Å². The highest BCUT2D eigenvalue weighted by molar-refractivity contribution is 6.28. The normalized spacial score (nSPS) is 11.0. The summed E-state index contributed by atoms with van der Waals surface area (Å²) in [7, 11) is 0. The van der Waals surface area contributed by atoms with E-state index in [2.05, 4.69) is 32.1 Å². The minimum Gasteiger partial charge on any atom is -0.363 e. The molecule has 0 spiro atoms. The van der Waals surface area contributed by atoms with E-state index in [1.165, 1.54) is 0 Å². The molecule has 1 N–H and O–H groups in total. The molecule has 0 radical (unpaired) electrons. The third kappa shape index (κ3) is 2.93. The van der Waals surface area contributed by atoms with E-state index in [4.69, 9.17) is 11.6 Å². The molecule has 4 aromatic rings. The Balaban J connectivity index is 1.69. The van der Waals surface area contributed by atoms with Gasteiger partial charge in [0.2, 0.25) is 5.28 Å². The Morgan fingerprint density at radius 1 is 1.27 bits per heavy atom. The fraction of sp³-hybridized carbons (Fsp3) is 0.111. The summed E-state index contributed by atoms with van der Waals surface area (Å²) in [6.07, 6.45) is 5.37. The fourth-order valence-corrected chi connectivity index (χ4v) is 2.90. The number of anilines is 1. The summed E-state index contributed by atoms with van der Waals surface area (Å²) < 4.78 is 3.48. The maximum absolute atomic E-state index is 6.10. The maximum Gasteiger partial charge on any atom is 0.243 e. The van der Waals surface area contributed by atoms with Crippen LogP contribution in [0.15, 0.2) is 55.5 Å². The molecule has 26 heavy (non-hydrogen) atoms. The van der Waals surface area contributed by atoms with Gasteiger partial charge in [0.1, 0.15) is 0 Å². The Bertz CT molecular complexity index is 1080. The third-order valence-corrected chi connectivity index (χ3v) is 4.12. The van der Waals surface area contributed by atoms with E-state index < -0.39 is 0 Å². The van der Waals surface area contributed by atoms with Crippen molar-refractivity contribution in [2.75, 3.05) is 5.32 Å². The number of para-hydroxylation sites is 1. The Labute approximate surface area is 155 Å². The van der Waals surface area contributed by atoms with Gasteiger partial charge in [-0.25, -0.2) is 14.2 Å². The van der Waals surface area contributed by atoms with Crippen LogP contribution in [0.3, 0.4) is 0 Å². The molecule has 0 saturated carbocycles. The van der Waals surface area contributed by atoms with Crippen molar-refractivity contribution < 1.29 is 0 Å². The van der Waals surface area contributed by atoms with Crippen molar-refractivity contribution in [2.45, 2.75) is 13.5 Å². The SMILES string of the molecule is C=C(C)c1cnc2c(NCc3ccccc3-n3cccn3)nc(Cl)nn12. The number of hydrogen-bond donors (Lipinski definition) is 1. The molecule has 0 aliphatic rings. The van der Waals surface area contributed by atoms with Crippen LogP contribution in [-0.4, -0.2) is 29.4 Å². The van der Waals surface area contributed by atoms with Crippen LogP contribution in [0.5, 0.6) is 0 Å². The quantitative estimate of drug-likeness (QED) is 0.585. The first-order chi connectivity index (χ1) is 12.6. The van der Waals surface area contributed by atoms with Crippen molar-refractivity contribution in [3.05, 3.63) is 72.0 Å². The number of imidazole rings is 1. The number of rotatable bonds is 5. The monoisotopic (exact) mass is 365 g/mol. The molecular formula is C18H16ClN7. The molecule has 1 aromatic carbocycles. The van der Waals surface area contributed by atoms with Crippen LogP contribution in [-0.2, 0) is 6.54 Å². The molecule has 3 heterocycles. The third-order valence-electron chi connectivity index (χ3n) is 3.96. The lowest BCUT2D eigenvalue weighted by molar-refractivity contribution is 0.859. The van der Waals surface area contributed by atoms with Gasteiger partial charge in [-0.05, 0) is 41.8 Å². The predicted molar refractivity (Wildman–Crippen MR) is 101 cm³/mol. The van der Waals surface area contributed by atoms with E-state index in [-0.39, 0.29) is 5.28 Å². The second-order valence-electron chi connectivity index (χ2n) is 5.82. The van der Waals surface area contributed by atoms with Crippen LogP contribution in [0, 0.1) is 0 Å². The predicted octanol–water partition coefficient (Wildman–Crippen LogP) is 3.61. The van der Waals surface area contributed by atoms with Crippen molar-refractivity contribution >= 4 is 28.6 Å². The van der Waals surface area contributed by atoms with E-state index in [1.807, 2.05) is 48.1 Å². The maximum atomic E-state index is 6.10. The largest absolute Gasteiger partial charge is 0.363 e. The van der Waals surface area contributed by atoms with Crippen molar-refractivity contribution in [3.8, 4) is 5.69 Å². The molecular weight excluding hydrogens is 350 g/mol. The van der Waals surface area contributed by atoms with Crippen LogP contribution in [0.4, 0.5) is 5.82 Å². The van der Waals surface area contributed by atoms with E-state index >= 15 is 0 Å². The van der Waals surface area contributed by atoms with Crippen molar-refractivity contribution in [2.24, 2.45) is 0 Å². The van der Waals surface area contributed by atoms with Gasteiger partial charge in [0.15, 0.2) is 11.5 Å². The number of benzene rings is 1. The molecule has 0 fully saturated rings. The molecule has 3 aromatic heterocycles. The molecule has 0 aliphatic heterocycles. The van der Waals surface area contributed by atoms with Gasteiger partial charge in [-0.1, -0.05) is 24.8 Å². The van der Waals surface area contributed by atoms with E-state index in [0.717, 1.165) is 22.5 Å². The molecule has 7 nitrogen and oxygen atoms in total. The summed E-state index contributed by atoms with van der Waals surface area (Å²) in [6, 6.07) is 9.91. The second-order valence-corrected chi connectivity index (χ2v) is 6.16. The number of aromatic nitrogens is 6.